The molecule has 1 aromatic heterocycles. The van der Waals surface area contributed by atoms with Crippen LogP contribution < -0.4 is 9.30 Å². The molecule has 3 aromatic rings. The smallest absolute Gasteiger partial charge is 0.372 e. The molecule has 0 aliphatic rings. The molecule has 0 radical (unpaired) electrons. The number of carbonyl (C=O) groups excluding carboxylic acids is 1. The van der Waals surface area contributed by atoms with Gasteiger partial charge in [-0.05, 0) is 33.6 Å². The van der Waals surface area contributed by atoms with E-state index in [1.54, 1.807) is 24.5 Å². The van der Waals surface area contributed by atoms with Gasteiger partial charge in [-0.2, -0.15) is 4.79 Å². The van der Waals surface area contributed by atoms with Crippen LogP contribution in [0.2, 0.25) is 0 Å². The van der Waals surface area contributed by atoms with E-state index in [1.165, 1.54) is 4.57 Å². The van der Waals surface area contributed by atoms with Crippen LogP contribution in [0.25, 0.3) is 11.1 Å². The monoisotopic (exact) mass is 354 g/mol. The molecule has 4 heteroatoms. The summed E-state index contributed by atoms with van der Waals surface area (Å²) in [4.78, 5) is 12.1. The summed E-state index contributed by atoms with van der Waals surface area (Å²) in [6.45, 7) is 0. The van der Waals surface area contributed by atoms with Gasteiger partial charge >= 0.3 is 6.09 Å². The SMILES string of the molecule is O=C(Oc1ccccc1)[n+]1ccc(-c2ccccc2)c(Br)c1. The molecule has 0 aliphatic heterocycles. The minimum Gasteiger partial charge on any atom is -0.372 e. The summed E-state index contributed by atoms with van der Waals surface area (Å²) in [5.74, 6) is 0.517. The number of hydrogen-bond donors (Lipinski definition) is 0. The van der Waals surface area contributed by atoms with Gasteiger partial charge in [-0.3, -0.25) is 0 Å². The third-order valence-electron chi connectivity index (χ3n) is 3.16. The van der Waals surface area contributed by atoms with Crippen LogP contribution in [0.3, 0.4) is 0 Å². The Balaban J connectivity index is 1.84. The highest BCUT2D eigenvalue weighted by molar-refractivity contribution is 9.10. The fourth-order valence-corrected chi connectivity index (χ4v) is 2.66. The van der Waals surface area contributed by atoms with Gasteiger partial charge in [-0.1, -0.05) is 53.1 Å². The molecule has 0 aliphatic carbocycles. The van der Waals surface area contributed by atoms with Crippen LogP contribution in [0.5, 0.6) is 5.75 Å². The average molecular weight is 355 g/mol. The first kappa shape index (κ1) is 14.5. The minimum absolute atomic E-state index is 0.452. The van der Waals surface area contributed by atoms with Crippen LogP contribution in [0.4, 0.5) is 4.79 Å². The Hall–Kier alpha value is -2.46. The second-order valence-corrected chi connectivity index (χ2v) is 5.52. The minimum atomic E-state index is -0.452. The predicted molar refractivity (Wildman–Crippen MR) is 87.6 cm³/mol. The maximum atomic E-state index is 12.1. The van der Waals surface area contributed by atoms with Crippen molar-refractivity contribution in [3.05, 3.63) is 83.6 Å². The first-order valence-electron chi connectivity index (χ1n) is 6.77. The molecule has 0 fully saturated rings. The average Bonchev–Trinajstić information content (AvgIpc) is 2.56. The molecular weight excluding hydrogens is 342 g/mol. The van der Waals surface area contributed by atoms with Crippen LogP contribution in [0, 0.1) is 0 Å². The molecule has 0 N–H and O–H groups in total. The van der Waals surface area contributed by atoms with Crippen molar-refractivity contribution in [1.82, 2.24) is 0 Å². The number of halogens is 1. The lowest BCUT2D eigenvalue weighted by Gasteiger charge is -2.03. The van der Waals surface area contributed by atoms with Gasteiger partial charge in [0.2, 0.25) is 0 Å². The molecule has 0 bridgehead atoms. The van der Waals surface area contributed by atoms with Crippen LogP contribution in [0.15, 0.2) is 83.6 Å². The first-order valence-corrected chi connectivity index (χ1v) is 7.57. The Bertz CT molecular complexity index is 789. The van der Waals surface area contributed by atoms with Crippen molar-refractivity contribution < 1.29 is 14.1 Å². The highest BCUT2D eigenvalue weighted by atomic mass is 79.9. The van der Waals surface area contributed by atoms with Gasteiger partial charge in [0.25, 0.3) is 0 Å². The largest absolute Gasteiger partial charge is 0.607 e. The Morgan fingerprint density at radius 1 is 0.909 bits per heavy atom. The van der Waals surface area contributed by atoms with E-state index in [1.807, 2.05) is 54.6 Å². The zero-order valence-corrected chi connectivity index (χ0v) is 13.2. The second-order valence-electron chi connectivity index (χ2n) is 4.66. The van der Waals surface area contributed by atoms with Crippen molar-refractivity contribution >= 4 is 22.0 Å². The topological polar surface area (TPSA) is 30.2 Å². The van der Waals surface area contributed by atoms with Crippen molar-refractivity contribution in [2.24, 2.45) is 0 Å². The van der Waals surface area contributed by atoms with Gasteiger partial charge in [0.1, 0.15) is 5.75 Å². The number of benzene rings is 2. The Labute approximate surface area is 136 Å². The lowest BCUT2D eigenvalue weighted by Crippen LogP contribution is -2.44. The Morgan fingerprint density at radius 3 is 2.18 bits per heavy atom. The number of carbonyl (C=O) groups is 1. The predicted octanol–water partition coefficient (Wildman–Crippen LogP) is 4.45. The number of nitrogens with zero attached hydrogens (tertiary/aromatic N) is 1. The van der Waals surface area contributed by atoms with Gasteiger partial charge in [0, 0.05) is 11.6 Å². The summed E-state index contributed by atoms with van der Waals surface area (Å²) in [6.07, 6.45) is 2.94. The number of hydrogen-bond acceptors (Lipinski definition) is 2. The van der Waals surface area contributed by atoms with E-state index in [2.05, 4.69) is 15.9 Å². The summed E-state index contributed by atoms with van der Waals surface area (Å²) < 4.78 is 7.54. The Kier molecular flexibility index (Phi) is 4.30. The third-order valence-corrected chi connectivity index (χ3v) is 3.79. The van der Waals surface area contributed by atoms with Crippen LogP contribution in [-0.4, -0.2) is 6.09 Å². The molecule has 0 spiro atoms. The van der Waals surface area contributed by atoms with E-state index < -0.39 is 6.09 Å². The number of ether oxygens (including phenoxy) is 1. The fraction of sp³-hybridized carbons (Fsp3) is 0. The molecule has 3 rings (SSSR count). The molecule has 108 valence electrons. The standard InChI is InChI=1S/C18H13BrNO2/c19-17-13-20(18(21)22-15-9-5-2-6-10-15)12-11-16(17)14-7-3-1-4-8-14/h1-13H/q+1. The van der Waals surface area contributed by atoms with E-state index in [0.29, 0.717) is 5.75 Å². The van der Waals surface area contributed by atoms with E-state index >= 15 is 0 Å². The fourth-order valence-electron chi connectivity index (χ4n) is 2.08. The van der Waals surface area contributed by atoms with Gasteiger partial charge in [-0.15, -0.1) is 0 Å². The summed E-state index contributed by atoms with van der Waals surface area (Å²) in [5.41, 5.74) is 2.10. The summed E-state index contributed by atoms with van der Waals surface area (Å²) in [6, 6.07) is 20.8. The van der Waals surface area contributed by atoms with Crippen LogP contribution >= 0.6 is 15.9 Å². The molecule has 2 aromatic carbocycles. The van der Waals surface area contributed by atoms with Gasteiger partial charge in [0.15, 0.2) is 12.4 Å². The zero-order valence-electron chi connectivity index (χ0n) is 11.6. The summed E-state index contributed by atoms with van der Waals surface area (Å²) in [5, 5.41) is 0. The molecule has 22 heavy (non-hydrogen) atoms. The summed E-state index contributed by atoms with van der Waals surface area (Å²) >= 11 is 3.51. The van der Waals surface area contributed by atoms with E-state index in [4.69, 9.17) is 4.74 Å². The highest BCUT2D eigenvalue weighted by Crippen LogP contribution is 2.26. The normalized spacial score (nSPS) is 10.2. The van der Waals surface area contributed by atoms with Crippen molar-refractivity contribution in [2.75, 3.05) is 0 Å². The molecule has 0 saturated heterocycles. The quantitative estimate of drug-likeness (QED) is 0.636. The van der Waals surface area contributed by atoms with Gasteiger partial charge in [0.05, 0.1) is 4.47 Å². The van der Waals surface area contributed by atoms with Crippen molar-refractivity contribution in [1.29, 1.82) is 0 Å². The highest BCUT2D eigenvalue weighted by Gasteiger charge is 2.19. The maximum absolute atomic E-state index is 12.1. The Morgan fingerprint density at radius 2 is 1.55 bits per heavy atom. The van der Waals surface area contributed by atoms with E-state index in [9.17, 15) is 4.79 Å². The summed E-state index contributed by atoms with van der Waals surface area (Å²) in [7, 11) is 0. The number of aromatic nitrogens is 1. The molecular formula is C18H13BrNO2+. The lowest BCUT2D eigenvalue weighted by atomic mass is 10.1. The number of pyridine rings is 1. The van der Waals surface area contributed by atoms with Crippen molar-refractivity contribution in [3.8, 4) is 16.9 Å². The number of para-hydroxylation sites is 1. The van der Waals surface area contributed by atoms with Gasteiger partial charge < -0.3 is 4.74 Å². The van der Waals surface area contributed by atoms with E-state index in [0.717, 1.165) is 15.6 Å². The molecule has 0 unspecified atom stereocenters. The van der Waals surface area contributed by atoms with E-state index in [-0.39, 0.29) is 0 Å². The van der Waals surface area contributed by atoms with Crippen LogP contribution in [0.1, 0.15) is 0 Å². The van der Waals surface area contributed by atoms with Crippen LogP contribution in [-0.2, 0) is 0 Å². The molecule has 1 heterocycles. The second kappa shape index (κ2) is 6.54. The molecule has 0 saturated carbocycles. The molecule has 3 nitrogen and oxygen atoms in total. The molecule has 0 amide bonds. The van der Waals surface area contributed by atoms with Gasteiger partial charge in [-0.25, -0.2) is 0 Å². The van der Waals surface area contributed by atoms with Crippen molar-refractivity contribution in [2.45, 2.75) is 0 Å². The zero-order chi connectivity index (χ0) is 15.4. The maximum Gasteiger partial charge on any atom is 0.607 e. The third kappa shape index (κ3) is 3.23. The molecule has 0 atom stereocenters. The number of rotatable bonds is 2. The lowest BCUT2D eigenvalue weighted by molar-refractivity contribution is -0.582. The first-order chi connectivity index (χ1) is 10.7. The van der Waals surface area contributed by atoms with Crippen molar-refractivity contribution in [3.63, 3.8) is 0 Å².